The van der Waals surface area contributed by atoms with Crippen LogP contribution in [0.5, 0.6) is 0 Å². The van der Waals surface area contributed by atoms with Gasteiger partial charge in [-0.3, -0.25) is 4.98 Å². The van der Waals surface area contributed by atoms with Crippen LogP contribution in [-0.4, -0.2) is 35.6 Å². The number of nitrogens with zero attached hydrogens (tertiary/aromatic N) is 5. The monoisotopic (exact) mass is 387 g/mol. The van der Waals surface area contributed by atoms with Crippen LogP contribution in [-0.2, 0) is 19.1 Å². The fraction of sp³-hybridized carbons (Fsp3) is 0.350. The van der Waals surface area contributed by atoms with Crippen LogP contribution >= 0.6 is 0 Å². The Hall–Kier alpha value is -2.90. The molecule has 3 aromatic rings. The molecule has 0 spiro atoms. The molecule has 0 amide bonds. The van der Waals surface area contributed by atoms with Gasteiger partial charge in [-0.15, -0.1) is 0 Å². The van der Waals surface area contributed by atoms with Gasteiger partial charge in [0, 0.05) is 50.9 Å². The Kier molecular flexibility index (Phi) is 4.36. The van der Waals surface area contributed by atoms with E-state index in [4.69, 9.17) is 4.98 Å². The minimum atomic E-state index is -4.40. The molecule has 3 heterocycles. The summed E-state index contributed by atoms with van der Waals surface area (Å²) in [5.41, 5.74) is 2.48. The number of halogens is 3. The zero-order valence-electron chi connectivity index (χ0n) is 15.9. The van der Waals surface area contributed by atoms with Crippen molar-refractivity contribution in [2.24, 2.45) is 0 Å². The van der Waals surface area contributed by atoms with Crippen molar-refractivity contribution in [3.63, 3.8) is 0 Å². The highest BCUT2D eigenvalue weighted by molar-refractivity contribution is 5.91. The van der Waals surface area contributed by atoms with E-state index in [-0.39, 0.29) is 0 Å². The fourth-order valence-corrected chi connectivity index (χ4v) is 3.42. The summed E-state index contributed by atoms with van der Waals surface area (Å²) in [6, 6.07) is 7.16. The second kappa shape index (κ2) is 6.61. The number of anilines is 2. The molecule has 4 rings (SSSR count). The standard InChI is InChI=1S/C20H20F3N5/c1-12-4-5-17-15(8-12)18(26-19(25-17)27(2)3)28-7-6-16-13(11-28)9-14(10-24-16)20(21,22)23/h4-5,8-10H,6-7,11H2,1-3H3. The summed E-state index contributed by atoms with van der Waals surface area (Å²) < 4.78 is 39.3. The van der Waals surface area contributed by atoms with Crippen molar-refractivity contribution < 1.29 is 13.2 Å². The first kappa shape index (κ1) is 18.5. The molecule has 0 unspecified atom stereocenters. The van der Waals surface area contributed by atoms with Gasteiger partial charge in [-0.25, -0.2) is 4.98 Å². The zero-order valence-corrected chi connectivity index (χ0v) is 15.9. The topological polar surface area (TPSA) is 45.2 Å². The smallest absolute Gasteiger partial charge is 0.351 e. The Morgan fingerprint density at radius 1 is 1.11 bits per heavy atom. The van der Waals surface area contributed by atoms with Crippen molar-refractivity contribution in [1.82, 2.24) is 15.0 Å². The van der Waals surface area contributed by atoms with Crippen molar-refractivity contribution in [3.05, 3.63) is 52.8 Å². The summed E-state index contributed by atoms with van der Waals surface area (Å²) in [4.78, 5) is 17.2. The maximum Gasteiger partial charge on any atom is 0.417 e. The quantitative estimate of drug-likeness (QED) is 0.666. The van der Waals surface area contributed by atoms with E-state index in [1.807, 2.05) is 49.0 Å². The molecule has 1 aliphatic heterocycles. The van der Waals surface area contributed by atoms with Gasteiger partial charge in [0.15, 0.2) is 0 Å². The molecule has 5 nitrogen and oxygen atoms in total. The Balaban J connectivity index is 1.80. The third kappa shape index (κ3) is 3.34. The second-order valence-corrected chi connectivity index (χ2v) is 7.26. The lowest BCUT2D eigenvalue weighted by Gasteiger charge is -2.31. The van der Waals surface area contributed by atoms with Crippen LogP contribution < -0.4 is 9.80 Å². The van der Waals surface area contributed by atoms with Crippen LogP contribution in [0.3, 0.4) is 0 Å². The molecule has 0 bridgehead atoms. The number of pyridine rings is 1. The van der Waals surface area contributed by atoms with Gasteiger partial charge < -0.3 is 9.80 Å². The number of rotatable bonds is 2. The van der Waals surface area contributed by atoms with Gasteiger partial charge in [-0.2, -0.15) is 18.2 Å². The third-order valence-corrected chi connectivity index (χ3v) is 4.89. The van der Waals surface area contributed by atoms with Crippen molar-refractivity contribution in [2.75, 3.05) is 30.4 Å². The molecule has 8 heteroatoms. The highest BCUT2D eigenvalue weighted by Gasteiger charge is 2.32. The van der Waals surface area contributed by atoms with Crippen molar-refractivity contribution in [1.29, 1.82) is 0 Å². The lowest BCUT2D eigenvalue weighted by Crippen LogP contribution is -2.32. The van der Waals surface area contributed by atoms with Gasteiger partial charge >= 0.3 is 6.18 Å². The fourth-order valence-electron chi connectivity index (χ4n) is 3.42. The number of benzene rings is 1. The van der Waals surface area contributed by atoms with E-state index in [9.17, 15) is 13.2 Å². The molecular formula is C20H20F3N5. The molecular weight excluding hydrogens is 367 g/mol. The third-order valence-electron chi connectivity index (χ3n) is 4.89. The van der Waals surface area contributed by atoms with E-state index < -0.39 is 11.7 Å². The molecule has 1 aromatic carbocycles. The average molecular weight is 387 g/mol. The number of aryl methyl sites for hydroxylation is 1. The average Bonchev–Trinajstić information content (AvgIpc) is 2.65. The first-order valence-corrected chi connectivity index (χ1v) is 8.98. The van der Waals surface area contributed by atoms with Crippen molar-refractivity contribution >= 4 is 22.7 Å². The molecule has 0 N–H and O–H groups in total. The maximum atomic E-state index is 13.1. The number of hydrogen-bond acceptors (Lipinski definition) is 5. The van der Waals surface area contributed by atoms with Crippen molar-refractivity contribution in [3.8, 4) is 0 Å². The van der Waals surface area contributed by atoms with E-state index in [0.29, 0.717) is 36.7 Å². The Morgan fingerprint density at radius 3 is 2.61 bits per heavy atom. The largest absolute Gasteiger partial charge is 0.417 e. The lowest BCUT2D eigenvalue weighted by atomic mass is 10.0. The van der Waals surface area contributed by atoms with Gasteiger partial charge in [-0.1, -0.05) is 11.6 Å². The molecule has 0 atom stereocenters. The van der Waals surface area contributed by atoms with Gasteiger partial charge in [0.25, 0.3) is 0 Å². The predicted molar refractivity (Wildman–Crippen MR) is 103 cm³/mol. The summed E-state index contributed by atoms with van der Waals surface area (Å²) in [5, 5.41) is 0.897. The Bertz CT molecular complexity index is 1050. The van der Waals surface area contributed by atoms with E-state index in [1.165, 1.54) is 6.07 Å². The van der Waals surface area contributed by atoms with E-state index in [2.05, 4.69) is 9.97 Å². The van der Waals surface area contributed by atoms with Crippen LogP contribution in [0.15, 0.2) is 30.5 Å². The Morgan fingerprint density at radius 2 is 1.89 bits per heavy atom. The second-order valence-electron chi connectivity index (χ2n) is 7.26. The molecule has 0 radical (unpaired) electrons. The first-order chi connectivity index (χ1) is 13.2. The van der Waals surface area contributed by atoms with E-state index in [1.54, 1.807) is 0 Å². The van der Waals surface area contributed by atoms with Gasteiger partial charge in [0.2, 0.25) is 5.95 Å². The summed E-state index contributed by atoms with van der Waals surface area (Å²) in [6.45, 7) is 2.96. The van der Waals surface area contributed by atoms with E-state index in [0.717, 1.165) is 28.5 Å². The molecule has 0 aliphatic carbocycles. The number of aromatic nitrogens is 3. The molecule has 0 fully saturated rings. The van der Waals surface area contributed by atoms with Crippen LogP contribution in [0.2, 0.25) is 0 Å². The number of hydrogen-bond donors (Lipinski definition) is 0. The van der Waals surface area contributed by atoms with Gasteiger partial charge in [0.1, 0.15) is 5.82 Å². The van der Waals surface area contributed by atoms with Crippen LogP contribution in [0.4, 0.5) is 24.9 Å². The number of fused-ring (bicyclic) bond motifs is 2. The maximum absolute atomic E-state index is 13.1. The molecule has 0 saturated carbocycles. The summed E-state index contributed by atoms with van der Waals surface area (Å²) in [5.74, 6) is 1.31. The normalized spacial score (nSPS) is 14.3. The molecule has 28 heavy (non-hydrogen) atoms. The SMILES string of the molecule is Cc1ccc2nc(N(C)C)nc(N3CCc4ncc(C(F)(F)F)cc4C3)c2c1. The van der Waals surface area contributed by atoms with Gasteiger partial charge in [-0.05, 0) is 30.7 Å². The molecule has 146 valence electrons. The van der Waals surface area contributed by atoms with Crippen LogP contribution in [0, 0.1) is 6.92 Å². The lowest BCUT2D eigenvalue weighted by molar-refractivity contribution is -0.137. The highest BCUT2D eigenvalue weighted by Crippen LogP contribution is 2.33. The first-order valence-electron chi connectivity index (χ1n) is 8.98. The molecule has 2 aromatic heterocycles. The zero-order chi connectivity index (χ0) is 20.1. The molecule has 0 saturated heterocycles. The summed E-state index contributed by atoms with van der Waals surface area (Å²) in [7, 11) is 3.73. The van der Waals surface area contributed by atoms with Gasteiger partial charge in [0.05, 0.1) is 11.1 Å². The predicted octanol–water partition coefficient (Wildman–Crippen LogP) is 3.98. The number of alkyl halides is 3. The molecule has 1 aliphatic rings. The Labute approximate surface area is 160 Å². The highest BCUT2D eigenvalue weighted by atomic mass is 19.4. The van der Waals surface area contributed by atoms with E-state index >= 15 is 0 Å². The summed E-state index contributed by atoms with van der Waals surface area (Å²) in [6.07, 6.45) is -2.91. The van der Waals surface area contributed by atoms with Crippen LogP contribution in [0.1, 0.15) is 22.4 Å². The minimum Gasteiger partial charge on any atom is -0.351 e. The minimum absolute atomic E-state index is 0.333. The summed E-state index contributed by atoms with van der Waals surface area (Å²) >= 11 is 0. The van der Waals surface area contributed by atoms with Crippen LogP contribution in [0.25, 0.3) is 10.9 Å². The van der Waals surface area contributed by atoms with Crippen molar-refractivity contribution in [2.45, 2.75) is 26.1 Å².